The van der Waals surface area contributed by atoms with Gasteiger partial charge >= 0.3 is 0 Å². The van der Waals surface area contributed by atoms with E-state index in [0.29, 0.717) is 0 Å². The summed E-state index contributed by atoms with van der Waals surface area (Å²) in [5.74, 6) is 0.966. The van der Waals surface area contributed by atoms with Crippen LogP contribution in [0.5, 0.6) is 5.75 Å². The fourth-order valence-electron chi connectivity index (χ4n) is 3.51. The van der Waals surface area contributed by atoms with Gasteiger partial charge in [0, 0.05) is 12.0 Å². The molecule has 20 heavy (non-hydrogen) atoms. The van der Waals surface area contributed by atoms with Gasteiger partial charge in [-0.2, -0.15) is 0 Å². The van der Waals surface area contributed by atoms with Crippen LogP contribution in [-0.2, 0) is 6.42 Å². The van der Waals surface area contributed by atoms with Crippen molar-refractivity contribution in [1.82, 2.24) is 0 Å². The van der Waals surface area contributed by atoms with E-state index in [0.717, 1.165) is 18.7 Å². The van der Waals surface area contributed by atoms with Crippen LogP contribution in [-0.4, -0.2) is 31.5 Å². The normalized spacial score (nSPS) is 23.1. The summed E-state index contributed by atoms with van der Waals surface area (Å²) in [4.78, 5) is 0. The first kappa shape index (κ1) is 15.1. The van der Waals surface area contributed by atoms with Crippen LogP contribution in [0.25, 0.3) is 5.57 Å². The summed E-state index contributed by atoms with van der Waals surface area (Å²) in [6.45, 7) is 5.85. The molecule has 0 N–H and O–H groups in total. The molecule has 108 valence electrons. The zero-order valence-corrected chi connectivity index (χ0v) is 13.4. The molecule has 3 heteroatoms. The number of methoxy groups -OCH3 is 1. The van der Waals surface area contributed by atoms with Gasteiger partial charge in [-0.1, -0.05) is 19.9 Å². The number of ether oxygens (including phenoxy) is 1. The Hall–Kier alpha value is -1.28. The van der Waals surface area contributed by atoms with Gasteiger partial charge in [-0.25, -0.2) is 4.58 Å². The first-order chi connectivity index (χ1) is 9.01. The van der Waals surface area contributed by atoms with Gasteiger partial charge in [0.05, 0.1) is 7.11 Å². The Labute approximate surface area is 127 Å². The van der Waals surface area contributed by atoms with Crippen LogP contribution in [0.1, 0.15) is 31.4 Å². The van der Waals surface area contributed by atoms with Crippen molar-refractivity contribution in [3.05, 3.63) is 34.9 Å². The van der Waals surface area contributed by atoms with Gasteiger partial charge in [-0.05, 0) is 40.7 Å². The maximum atomic E-state index is 5.35. The fraction of sp³-hybridized carbons (Fsp3) is 0.471. The molecule has 0 saturated carbocycles. The maximum Gasteiger partial charge on any atom is 0.166 e. The number of fused-ring (bicyclic) bond motifs is 1. The lowest BCUT2D eigenvalue weighted by molar-refractivity contribution is -0.484. The van der Waals surface area contributed by atoms with Crippen LogP contribution in [0.3, 0.4) is 0 Å². The Kier molecular flexibility index (Phi) is 3.97. The molecule has 1 aromatic carbocycles. The van der Waals surface area contributed by atoms with Crippen molar-refractivity contribution in [3.8, 4) is 5.75 Å². The summed E-state index contributed by atoms with van der Waals surface area (Å²) in [6, 6.07) is 6.51. The number of hydrogen-bond donors (Lipinski definition) is 0. The van der Waals surface area contributed by atoms with Gasteiger partial charge in [0.1, 0.15) is 19.3 Å². The zero-order valence-electron chi connectivity index (χ0n) is 12.7. The van der Waals surface area contributed by atoms with Crippen LogP contribution in [0, 0.1) is 5.41 Å². The molecule has 0 bridgehead atoms. The summed E-state index contributed by atoms with van der Waals surface area (Å²) in [5, 5.41) is 0. The Morgan fingerprint density at radius 2 is 2.00 bits per heavy atom. The van der Waals surface area contributed by atoms with E-state index < -0.39 is 0 Å². The van der Waals surface area contributed by atoms with E-state index >= 15 is 0 Å². The van der Waals surface area contributed by atoms with E-state index in [1.54, 1.807) is 7.11 Å². The van der Waals surface area contributed by atoms with Gasteiger partial charge in [0.2, 0.25) is 0 Å². The molecule has 0 aromatic heterocycles. The molecule has 2 aliphatic rings. The lowest BCUT2D eigenvalue weighted by Gasteiger charge is -2.21. The van der Waals surface area contributed by atoms with Crippen molar-refractivity contribution in [1.29, 1.82) is 0 Å². The van der Waals surface area contributed by atoms with Crippen molar-refractivity contribution in [2.75, 3.05) is 20.7 Å². The number of halogens is 1. The van der Waals surface area contributed by atoms with E-state index in [1.807, 2.05) is 0 Å². The standard InChI is InChI=1S/C17H22NO.ClH/c1-17(2)10-13-9-14(19-4)5-6-15(13)16(17)12-7-8-18(3)11-12;/h5-6,9,11H,7-8,10H2,1-4H3;1H/q+1;/p-1/b16-12-;. The Morgan fingerprint density at radius 1 is 1.25 bits per heavy atom. The summed E-state index contributed by atoms with van der Waals surface area (Å²) in [6.07, 6.45) is 4.59. The number of nitrogens with zero attached hydrogens (tertiary/aromatic N) is 1. The minimum atomic E-state index is 0. The topological polar surface area (TPSA) is 12.2 Å². The molecule has 1 heterocycles. The van der Waals surface area contributed by atoms with Crippen LogP contribution >= 0.6 is 0 Å². The third kappa shape index (κ3) is 2.37. The first-order valence-electron chi connectivity index (χ1n) is 6.97. The molecule has 3 rings (SSSR count). The smallest absolute Gasteiger partial charge is 0.166 e. The Morgan fingerprint density at radius 3 is 2.60 bits per heavy atom. The summed E-state index contributed by atoms with van der Waals surface area (Å²) in [7, 11) is 3.89. The van der Waals surface area contributed by atoms with Crippen LogP contribution < -0.4 is 17.1 Å². The Balaban J connectivity index is 0.00000147. The number of rotatable bonds is 1. The summed E-state index contributed by atoms with van der Waals surface area (Å²) >= 11 is 0. The first-order valence-corrected chi connectivity index (χ1v) is 6.97. The van der Waals surface area contributed by atoms with Gasteiger partial charge in [0.25, 0.3) is 0 Å². The highest BCUT2D eigenvalue weighted by Gasteiger charge is 2.37. The SMILES string of the molecule is COc1ccc2c(c1)CC(C)(C)/C2=C1\C=[N+](C)CC1.[Cl-]. The molecule has 1 aliphatic carbocycles. The van der Waals surface area contributed by atoms with E-state index in [4.69, 9.17) is 4.74 Å². The van der Waals surface area contributed by atoms with Gasteiger partial charge in [-0.15, -0.1) is 0 Å². The number of allylic oxidation sites excluding steroid dienone is 1. The molecule has 0 spiro atoms. The lowest BCUT2D eigenvalue weighted by atomic mass is 9.82. The highest BCUT2D eigenvalue weighted by Crippen LogP contribution is 2.49. The average molecular weight is 292 g/mol. The molecule has 1 aromatic rings. The minimum Gasteiger partial charge on any atom is -1.00 e. The van der Waals surface area contributed by atoms with E-state index in [9.17, 15) is 0 Å². The molecule has 0 radical (unpaired) electrons. The minimum absolute atomic E-state index is 0. The quantitative estimate of drug-likeness (QED) is 0.671. The molecule has 0 saturated heterocycles. The van der Waals surface area contributed by atoms with Gasteiger partial charge in [-0.3, -0.25) is 0 Å². The Bertz CT molecular complexity index is 599. The molecule has 0 unspecified atom stereocenters. The van der Waals surface area contributed by atoms with Crippen LogP contribution in [0.2, 0.25) is 0 Å². The second-order valence-corrected chi connectivity index (χ2v) is 6.34. The van der Waals surface area contributed by atoms with E-state index in [2.05, 4.69) is 49.9 Å². The maximum absolute atomic E-state index is 5.35. The van der Waals surface area contributed by atoms with Crippen molar-refractivity contribution in [2.45, 2.75) is 26.7 Å². The third-order valence-corrected chi connectivity index (χ3v) is 4.32. The molecule has 0 fully saturated rings. The largest absolute Gasteiger partial charge is 1.00 e. The van der Waals surface area contributed by atoms with Crippen molar-refractivity contribution >= 4 is 11.8 Å². The molecule has 0 atom stereocenters. The van der Waals surface area contributed by atoms with E-state index in [-0.39, 0.29) is 17.8 Å². The summed E-state index contributed by atoms with van der Waals surface area (Å²) in [5.41, 5.74) is 6.12. The third-order valence-electron chi connectivity index (χ3n) is 4.32. The molecule has 2 nitrogen and oxygen atoms in total. The van der Waals surface area contributed by atoms with Crippen LogP contribution in [0.4, 0.5) is 0 Å². The lowest BCUT2D eigenvalue weighted by Crippen LogP contribution is -3.00. The van der Waals surface area contributed by atoms with E-state index in [1.165, 1.54) is 28.7 Å². The van der Waals surface area contributed by atoms with Gasteiger partial charge in [0.15, 0.2) is 6.21 Å². The highest BCUT2D eigenvalue weighted by atomic mass is 35.5. The van der Waals surface area contributed by atoms with Crippen molar-refractivity contribution in [2.24, 2.45) is 5.41 Å². The molecule has 1 aliphatic heterocycles. The number of benzene rings is 1. The molecular weight excluding hydrogens is 270 g/mol. The highest BCUT2D eigenvalue weighted by molar-refractivity contribution is 5.93. The van der Waals surface area contributed by atoms with Crippen molar-refractivity contribution in [3.63, 3.8) is 0 Å². The van der Waals surface area contributed by atoms with Gasteiger partial charge < -0.3 is 17.1 Å². The molecular formula is C17H22ClNO. The fourth-order valence-corrected chi connectivity index (χ4v) is 3.51. The zero-order chi connectivity index (χ0) is 13.6. The second-order valence-electron chi connectivity index (χ2n) is 6.34. The second kappa shape index (κ2) is 5.25. The van der Waals surface area contributed by atoms with Crippen LogP contribution in [0.15, 0.2) is 23.8 Å². The monoisotopic (exact) mass is 291 g/mol. The van der Waals surface area contributed by atoms with Crippen molar-refractivity contribution < 1.29 is 21.7 Å². The number of hydrogen-bond acceptors (Lipinski definition) is 1. The predicted octanol–water partition coefficient (Wildman–Crippen LogP) is 0.152. The summed E-state index contributed by atoms with van der Waals surface area (Å²) < 4.78 is 7.64. The average Bonchev–Trinajstić information content (AvgIpc) is 2.87. The predicted molar refractivity (Wildman–Crippen MR) is 79.1 cm³/mol. The molecule has 0 amide bonds.